The molecule has 226 valence electrons. The molecule has 0 spiro atoms. The fourth-order valence-corrected chi connectivity index (χ4v) is 6.00. The minimum atomic E-state index is -4.27. The highest BCUT2D eigenvalue weighted by Crippen LogP contribution is 2.35. The van der Waals surface area contributed by atoms with E-state index in [0.717, 1.165) is 21.9 Å². The molecule has 0 radical (unpaired) electrons. The first-order valence-corrected chi connectivity index (χ1v) is 15.5. The van der Waals surface area contributed by atoms with Crippen LogP contribution in [0.5, 0.6) is 11.5 Å². The molecular formula is C31H38ClN3O6S. The second-order valence-corrected chi connectivity index (χ2v) is 12.0. The normalized spacial score (nSPS) is 11.9. The lowest BCUT2D eigenvalue weighted by molar-refractivity contribution is -0.140. The van der Waals surface area contributed by atoms with Crippen LogP contribution in [0.4, 0.5) is 5.69 Å². The average molecular weight is 616 g/mol. The van der Waals surface area contributed by atoms with Gasteiger partial charge in [-0.25, -0.2) is 8.42 Å². The number of benzene rings is 3. The summed E-state index contributed by atoms with van der Waals surface area (Å²) in [7, 11) is -1.30. The molecule has 0 heterocycles. The van der Waals surface area contributed by atoms with Crippen LogP contribution in [-0.2, 0) is 26.2 Å². The van der Waals surface area contributed by atoms with Crippen molar-refractivity contribution in [2.24, 2.45) is 0 Å². The Hall–Kier alpha value is -3.76. The number of carbonyl (C=O) groups is 2. The Kier molecular flexibility index (Phi) is 11.6. The van der Waals surface area contributed by atoms with Crippen molar-refractivity contribution >= 4 is 39.1 Å². The van der Waals surface area contributed by atoms with Gasteiger partial charge in [0.15, 0.2) is 0 Å². The summed E-state index contributed by atoms with van der Waals surface area (Å²) in [6, 6.07) is 17.2. The fourth-order valence-electron chi connectivity index (χ4n) is 4.42. The zero-order chi connectivity index (χ0) is 30.9. The molecule has 0 saturated heterocycles. The van der Waals surface area contributed by atoms with E-state index in [-0.39, 0.29) is 33.8 Å². The number of hydrogen-bond donors (Lipinski definition) is 1. The summed E-state index contributed by atoms with van der Waals surface area (Å²) < 4.78 is 39.9. The number of aryl methyl sites for hydroxylation is 1. The van der Waals surface area contributed by atoms with Crippen LogP contribution in [0, 0.1) is 6.92 Å². The first kappa shape index (κ1) is 32.8. The van der Waals surface area contributed by atoms with Crippen molar-refractivity contribution in [1.82, 2.24) is 10.2 Å². The quantitative estimate of drug-likeness (QED) is 0.267. The predicted molar refractivity (Wildman–Crippen MR) is 165 cm³/mol. The minimum Gasteiger partial charge on any atom is -0.497 e. The number of carbonyl (C=O) groups excluding carboxylic acids is 2. The molecule has 0 aliphatic carbocycles. The van der Waals surface area contributed by atoms with Gasteiger partial charge >= 0.3 is 0 Å². The van der Waals surface area contributed by atoms with Crippen LogP contribution in [0.2, 0.25) is 5.02 Å². The molecule has 1 unspecified atom stereocenters. The molecule has 0 aromatic heterocycles. The van der Waals surface area contributed by atoms with Gasteiger partial charge < -0.3 is 19.7 Å². The zero-order valence-corrected chi connectivity index (χ0v) is 26.2. The third-order valence-electron chi connectivity index (χ3n) is 6.74. The molecule has 0 aliphatic heterocycles. The first-order chi connectivity index (χ1) is 20.0. The van der Waals surface area contributed by atoms with Gasteiger partial charge in [-0.3, -0.25) is 13.9 Å². The largest absolute Gasteiger partial charge is 0.497 e. The number of nitrogens with zero attached hydrogens (tertiary/aromatic N) is 2. The number of amides is 2. The molecule has 0 fully saturated rings. The molecule has 0 saturated carbocycles. The summed E-state index contributed by atoms with van der Waals surface area (Å²) in [5, 5.41) is 3.14. The highest BCUT2D eigenvalue weighted by atomic mass is 35.5. The standard InChI is InChI=1S/C31H38ClN3O6S/c1-6-18-33-31(37)27(7-2)34(20-23-10-13-25(40-4)14-11-23)30(36)21-35(28-19-24(32)12-17-29(28)41-5)42(38,39)26-15-8-22(3)9-16-26/h8-17,19,27H,6-7,18,20-21H2,1-5H3,(H,33,37). The van der Waals surface area contributed by atoms with E-state index >= 15 is 0 Å². The number of hydrogen-bond acceptors (Lipinski definition) is 6. The maximum absolute atomic E-state index is 14.2. The lowest BCUT2D eigenvalue weighted by Crippen LogP contribution is -2.52. The third kappa shape index (κ3) is 7.95. The van der Waals surface area contributed by atoms with Gasteiger partial charge in [0.05, 0.1) is 24.8 Å². The Morgan fingerprint density at radius 2 is 1.62 bits per heavy atom. The smallest absolute Gasteiger partial charge is 0.264 e. The van der Waals surface area contributed by atoms with Gasteiger partial charge in [0.1, 0.15) is 24.1 Å². The fraction of sp³-hybridized carbons (Fsp3) is 0.355. The maximum atomic E-state index is 14.2. The molecule has 1 atom stereocenters. The number of nitrogens with one attached hydrogen (secondary N) is 1. The van der Waals surface area contributed by atoms with Gasteiger partial charge in [0.25, 0.3) is 10.0 Å². The summed E-state index contributed by atoms with van der Waals surface area (Å²) in [6.45, 7) is 5.53. The highest BCUT2D eigenvalue weighted by Gasteiger charge is 2.34. The second kappa shape index (κ2) is 14.9. The first-order valence-electron chi connectivity index (χ1n) is 13.7. The average Bonchev–Trinajstić information content (AvgIpc) is 2.99. The van der Waals surface area contributed by atoms with Crippen LogP contribution in [0.3, 0.4) is 0 Å². The zero-order valence-electron chi connectivity index (χ0n) is 24.6. The van der Waals surface area contributed by atoms with E-state index < -0.39 is 28.5 Å². The Labute approximate surface area is 253 Å². The molecule has 11 heteroatoms. The van der Waals surface area contributed by atoms with Gasteiger partial charge in [-0.05, 0) is 67.8 Å². The summed E-state index contributed by atoms with van der Waals surface area (Å²) in [5.74, 6) is -0.0124. The van der Waals surface area contributed by atoms with E-state index in [1.54, 1.807) is 55.6 Å². The van der Waals surface area contributed by atoms with E-state index in [1.165, 1.54) is 30.2 Å². The minimum absolute atomic E-state index is 0.00244. The number of halogens is 1. The van der Waals surface area contributed by atoms with Gasteiger partial charge in [-0.2, -0.15) is 0 Å². The Morgan fingerprint density at radius 1 is 0.952 bits per heavy atom. The van der Waals surface area contributed by atoms with Crippen molar-refractivity contribution in [3.63, 3.8) is 0 Å². The number of methoxy groups -OCH3 is 2. The van der Waals surface area contributed by atoms with E-state index in [1.807, 2.05) is 20.8 Å². The Morgan fingerprint density at radius 3 is 2.19 bits per heavy atom. The van der Waals surface area contributed by atoms with Crippen LogP contribution in [-0.4, -0.2) is 58.5 Å². The molecule has 2 amide bonds. The Balaban J connectivity index is 2.11. The van der Waals surface area contributed by atoms with E-state index in [0.29, 0.717) is 18.7 Å². The van der Waals surface area contributed by atoms with Crippen LogP contribution >= 0.6 is 11.6 Å². The van der Waals surface area contributed by atoms with Crippen molar-refractivity contribution in [3.8, 4) is 11.5 Å². The molecule has 0 bridgehead atoms. The topological polar surface area (TPSA) is 105 Å². The highest BCUT2D eigenvalue weighted by molar-refractivity contribution is 7.92. The molecule has 42 heavy (non-hydrogen) atoms. The molecule has 1 N–H and O–H groups in total. The second-order valence-electron chi connectivity index (χ2n) is 9.73. The Bertz CT molecular complexity index is 1460. The number of anilines is 1. The molecular weight excluding hydrogens is 578 g/mol. The number of ether oxygens (including phenoxy) is 2. The van der Waals surface area contributed by atoms with Crippen LogP contribution in [0.25, 0.3) is 0 Å². The maximum Gasteiger partial charge on any atom is 0.264 e. The van der Waals surface area contributed by atoms with Gasteiger partial charge in [0.2, 0.25) is 11.8 Å². The summed E-state index contributed by atoms with van der Waals surface area (Å²) in [6.07, 6.45) is 1.05. The lowest BCUT2D eigenvalue weighted by Gasteiger charge is -2.33. The third-order valence-corrected chi connectivity index (χ3v) is 8.75. The SMILES string of the molecule is CCCNC(=O)C(CC)N(Cc1ccc(OC)cc1)C(=O)CN(c1cc(Cl)ccc1OC)S(=O)(=O)c1ccc(C)cc1. The van der Waals surface area contributed by atoms with Crippen molar-refractivity contribution in [1.29, 1.82) is 0 Å². The van der Waals surface area contributed by atoms with Crippen molar-refractivity contribution in [2.45, 2.75) is 51.1 Å². The summed E-state index contributed by atoms with van der Waals surface area (Å²) in [5.41, 5.74) is 1.73. The van der Waals surface area contributed by atoms with Gasteiger partial charge in [0, 0.05) is 18.1 Å². The number of sulfonamides is 1. The molecule has 3 rings (SSSR count). The summed E-state index contributed by atoms with van der Waals surface area (Å²) in [4.78, 5) is 28.8. The van der Waals surface area contributed by atoms with Crippen LogP contribution in [0.1, 0.15) is 37.8 Å². The van der Waals surface area contributed by atoms with Gasteiger partial charge in [-0.1, -0.05) is 55.3 Å². The van der Waals surface area contributed by atoms with E-state index in [2.05, 4.69) is 5.32 Å². The van der Waals surface area contributed by atoms with Gasteiger partial charge in [-0.15, -0.1) is 0 Å². The number of rotatable bonds is 14. The molecule has 3 aromatic carbocycles. The molecule has 9 nitrogen and oxygen atoms in total. The lowest BCUT2D eigenvalue weighted by atomic mass is 10.1. The van der Waals surface area contributed by atoms with Crippen LogP contribution < -0.4 is 19.1 Å². The molecule has 3 aromatic rings. The van der Waals surface area contributed by atoms with Crippen LogP contribution in [0.15, 0.2) is 71.6 Å². The van der Waals surface area contributed by atoms with E-state index in [4.69, 9.17) is 21.1 Å². The predicted octanol–water partition coefficient (Wildman–Crippen LogP) is 5.19. The monoisotopic (exact) mass is 615 g/mol. The van der Waals surface area contributed by atoms with Crippen molar-refractivity contribution in [2.75, 3.05) is 31.6 Å². The van der Waals surface area contributed by atoms with Crippen molar-refractivity contribution < 1.29 is 27.5 Å². The van der Waals surface area contributed by atoms with Crippen molar-refractivity contribution in [3.05, 3.63) is 82.9 Å². The molecule has 0 aliphatic rings. The van der Waals surface area contributed by atoms with E-state index in [9.17, 15) is 18.0 Å². The summed E-state index contributed by atoms with van der Waals surface area (Å²) >= 11 is 6.29.